The number of benzene rings is 2. The fourth-order valence-electron chi connectivity index (χ4n) is 2.82. The first-order valence-electron chi connectivity index (χ1n) is 9.24. The molecule has 2 rings (SSSR count). The first-order chi connectivity index (χ1) is 12.5. The summed E-state index contributed by atoms with van der Waals surface area (Å²) in [6.45, 7) is 9.69. The van der Waals surface area contributed by atoms with E-state index in [0.717, 1.165) is 37.2 Å². The minimum Gasteiger partial charge on any atom is -0.339 e. The predicted octanol–water partition coefficient (Wildman–Crippen LogP) is 4.82. The highest BCUT2D eigenvalue weighted by Gasteiger charge is 2.15. The Morgan fingerprint density at radius 2 is 1.42 bits per heavy atom. The van der Waals surface area contributed by atoms with Crippen LogP contribution in [0.2, 0.25) is 0 Å². The Morgan fingerprint density at radius 1 is 0.846 bits per heavy atom. The molecule has 4 heteroatoms. The molecule has 0 aliphatic heterocycles. The molecule has 0 radical (unpaired) electrons. The zero-order chi connectivity index (χ0) is 19.1. The molecule has 2 amide bonds. The Balaban J connectivity index is 2.09. The van der Waals surface area contributed by atoms with Gasteiger partial charge in [0.05, 0.1) is 0 Å². The van der Waals surface area contributed by atoms with Crippen molar-refractivity contribution in [3.05, 3.63) is 64.7 Å². The average molecular weight is 352 g/mol. The molecule has 1 N–H and O–H groups in total. The molecule has 0 aromatic heterocycles. The quantitative estimate of drug-likeness (QED) is 0.777. The number of anilines is 1. The first-order valence-corrected chi connectivity index (χ1v) is 9.24. The van der Waals surface area contributed by atoms with Crippen LogP contribution in [0.1, 0.15) is 58.5 Å². The Bertz CT molecular complexity index is 760. The summed E-state index contributed by atoms with van der Waals surface area (Å²) in [7, 11) is 0. The molecule has 0 bridgehead atoms. The minimum atomic E-state index is -0.175. The zero-order valence-electron chi connectivity index (χ0n) is 16.1. The number of hydrogen-bond acceptors (Lipinski definition) is 2. The Morgan fingerprint density at radius 3 is 1.96 bits per heavy atom. The van der Waals surface area contributed by atoms with Crippen molar-refractivity contribution in [1.29, 1.82) is 0 Å². The summed E-state index contributed by atoms with van der Waals surface area (Å²) in [5.41, 5.74) is 4.26. The van der Waals surface area contributed by atoms with Crippen molar-refractivity contribution < 1.29 is 9.59 Å². The van der Waals surface area contributed by atoms with Crippen molar-refractivity contribution in [3.8, 4) is 0 Å². The third kappa shape index (κ3) is 4.94. The fourth-order valence-corrected chi connectivity index (χ4v) is 2.82. The van der Waals surface area contributed by atoms with Crippen LogP contribution in [0.4, 0.5) is 5.69 Å². The molecular weight excluding hydrogens is 324 g/mol. The normalized spacial score (nSPS) is 10.5. The maximum Gasteiger partial charge on any atom is 0.255 e. The van der Waals surface area contributed by atoms with Crippen molar-refractivity contribution in [2.24, 2.45) is 0 Å². The molecule has 0 saturated carbocycles. The second kappa shape index (κ2) is 9.18. The van der Waals surface area contributed by atoms with E-state index in [1.807, 2.05) is 36.9 Å². The smallest absolute Gasteiger partial charge is 0.255 e. The molecule has 0 aliphatic rings. The topological polar surface area (TPSA) is 49.4 Å². The van der Waals surface area contributed by atoms with E-state index in [0.29, 0.717) is 11.1 Å². The molecule has 0 atom stereocenters. The maximum atomic E-state index is 12.6. The highest BCUT2D eigenvalue weighted by molar-refractivity contribution is 6.05. The Labute approximate surface area is 156 Å². The van der Waals surface area contributed by atoms with Gasteiger partial charge < -0.3 is 10.2 Å². The lowest BCUT2D eigenvalue weighted by Gasteiger charge is -2.21. The van der Waals surface area contributed by atoms with Crippen LogP contribution in [0.15, 0.2) is 42.5 Å². The van der Waals surface area contributed by atoms with Crippen LogP contribution in [0.25, 0.3) is 0 Å². The van der Waals surface area contributed by atoms with Gasteiger partial charge in [-0.05, 0) is 74.2 Å². The highest BCUT2D eigenvalue weighted by Crippen LogP contribution is 2.16. The van der Waals surface area contributed by atoms with Crippen LogP contribution in [0, 0.1) is 13.8 Å². The van der Waals surface area contributed by atoms with Crippen molar-refractivity contribution in [3.63, 3.8) is 0 Å². The van der Waals surface area contributed by atoms with Gasteiger partial charge in [-0.15, -0.1) is 0 Å². The molecule has 26 heavy (non-hydrogen) atoms. The standard InChI is InChI=1S/C22H28N2O2/c1-5-13-24(14-6-2)22(26)19-10-8-18(9-11-19)21(25)23-20-12-7-16(3)17(4)15-20/h7-12,15H,5-6,13-14H2,1-4H3,(H,23,25). The van der Waals surface area contributed by atoms with Crippen molar-refractivity contribution >= 4 is 17.5 Å². The van der Waals surface area contributed by atoms with E-state index in [-0.39, 0.29) is 11.8 Å². The van der Waals surface area contributed by atoms with Crippen LogP contribution in [-0.2, 0) is 0 Å². The molecule has 2 aromatic carbocycles. The molecule has 0 saturated heterocycles. The largest absolute Gasteiger partial charge is 0.339 e. The van der Waals surface area contributed by atoms with Crippen molar-refractivity contribution in [1.82, 2.24) is 4.90 Å². The lowest BCUT2D eigenvalue weighted by Crippen LogP contribution is -2.32. The van der Waals surface area contributed by atoms with Crippen LogP contribution in [0.3, 0.4) is 0 Å². The van der Waals surface area contributed by atoms with Gasteiger partial charge in [-0.2, -0.15) is 0 Å². The van der Waals surface area contributed by atoms with Crippen molar-refractivity contribution in [2.75, 3.05) is 18.4 Å². The average Bonchev–Trinajstić information content (AvgIpc) is 2.64. The van der Waals surface area contributed by atoms with Gasteiger partial charge in [-0.1, -0.05) is 19.9 Å². The number of carbonyl (C=O) groups is 2. The van der Waals surface area contributed by atoms with Gasteiger partial charge in [0, 0.05) is 29.9 Å². The highest BCUT2D eigenvalue weighted by atomic mass is 16.2. The lowest BCUT2D eigenvalue weighted by molar-refractivity contribution is 0.0755. The number of nitrogens with one attached hydrogen (secondary N) is 1. The van der Waals surface area contributed by atoms with Gasteiger partial charge in [0.1, 0.15) is 0 Å². The summed E-state index contributed by atoms with van der Waals surface area (Å²) in [5, 5.41) is 2.90. The van der Waals surface area contributed by atoms with Gasteiger partial charge in [0.25, 0.3) is 11.8 Å². The second-order valence-corrected chi connectivity index (χ2v) is 6.62. The van der Waals surface area contributed by atoms with Gasteiger partial charge in [0.2, 0.25) is 0 Å². The van der Waals surface area contributed by atoms with Gasteiger partial charge in [-0.3, -0.25) is 9.59 Å². The second-order valence-electron chi connectivity index (χ2n) is 6.62. The summed E-state index contributed by atoms with van der Waals surface area (Å²) in [6, 6.07) is 12.7. The molecule has 4 nitrogen and oxygen atoms in total. The van der Waals surface area contributed by atoms with Gasteiger partial charge in [-0.25, -0.2) is 0 Å². The fraction of sp³-hybridized carbons (Fsp3) is 0.364. The number of carbonyl (C=O) groups excluding carboxylic acids is 2. The van der Waals surface area contributed by atoms with E-state index in [4.69, 9.17) is 0 Å². The van der Waals surface area contributed by atoms with Crippen LogP contribution in [0.5, 0.6) is 0 Å². The molecule has 0 fully saturated rings. The summed E-state index contributed by atoms with van der Waals surface area (Å²) < 4.78 is 0. The molecule has 2 aromatic rings. The monoisotopic (exact) mass is 352 g/mol. The first kappa shape index (κ1) is 19.7. The number of aryl methyl sites for hydroxylation is 2. The third-order valence-corrected chi connectivity index (χ3v) is 4.43. The molecular formula is C22H28N2O2. The van der Waals surface area contributed by atoms with E-state index >= 15 is 0 Å². The summed E-state index contributed by atoms with van der Waals surface area (Å²) in [5.74, 6) is -0.152. The number of rotatable bonds is 7. The SMILES string of the molecule is CCCN(CCC)C(=O)c1ccc(C(=O)Nc2ccc(C)c(C)c2)cc1. The lowest BCUT2D eigenvalue weighted by atomic mass is 10.1. The zero-order valence-corrected chi connectivity index (χ0v) is 16.1. The van der Waals surface area contributed by atoms with Crippen LogP contribution < -0.4 is 5.32 Å². The van der Waals surface area contributed by atoms with Gasteiger partial charge >= 0.3 is 0 Å². The van der Waals surface area contributed by atoms with Crippen LogP contribution in [-0.4, -0.2) is 29.8 Å². The number of hydrogen-bond donors (Lipinski definition) is 1. The number of amides is 2. The molecule has 0 heterocycles. The molecule has 138 valence electrons. The summed E-state index contributed by atoms with van der Waals surface area (Å²) in [6.07, 6.45) is 1.87. The van der Waals surface area contributed by atoms with Crippen LogP contribution >= 0.6 is 0 Å². The van der Waals surface area contributed by atoms with Gasteiger partial charge in [0.15, 0.2) is 0 Å². The molecule has 0 unspecified atom stereocenters. The Kier molecular flexibility index (Phi) is 6.96. The molecule has 0 spiro atoms. The maximum absolute atomic E-state index is 12.6. The Hall–Kier alpha value is -2.62. The number of nitrogens with zero attached hydrogens (tertiary/aromatic N) is 1. The molecule has 0 aliphatic carbocycles. The minimum absolute atomic E-state index is 0.0230. The van der Waals surface area contributed by atoms with E-state index in [2.05, 4.69) is 19.2 Å². The van der Waals surface area contributed by atoms with E-state index in [1.54, 1.807) is 24.3 Å². The third-order valence-electron chi connectivity index (χ3n) is 4.43. The van der Waals surface area contributed by atoms with E-state index in [9.17, 15) is 9.59 Å². The predicted molar refractivity (Wildman–Crippen MR) is 107 cm³/mol. The van der Waals surface area contributed by atoms with E-state index < -0.39 is 0 Å². The van der Waals surface area contributed by atoms with Crippen molar-refractivity contribution in [2.45, 2.75) is 40.5 Å². The summed E-state index contributed by atoms with van der Waals surface area (Å²) in [4.78, 5) is 26.9. The summed E-state index contributed by atoms with van der Waals surface area (Å²) >= 11 is 0. The van der Waals surface area contributed by atoms with E-state index in [1.165, 1.54) is 5.56 Å².